The standard InChI is InChI=1S/C14H15N3O/c1-2-18-13-5-3-12(4-6-13)17-14(15)11-7-9-16-10-8-11/h3-10H,2H2,1H3,(H2,15,17). The molecule has 1 heterocycles. The summed E-state index contributed by atoms with van der Waals surface area (Å²) in [6.07, 6.45) is 3.34. The molecule has 0 saturated heterocycles. The number of anilines is 1. The van der Waals surface area contributed by atoms with Crippen molar-refractivity contribution in [2.75, 3.05) is 11.9 Å². The summed E-state index contributed by atoms with van der Waals surface area (Å²) >= 11 is 0. The maximum Gasteiger partial charge on any atom is 0.129 e. The van der Waals surface area contributed by atoms with Crippen molar-refractivity contribution in [1.82, 2.24) is 4.98 Å². The zero-order valence-corrected chi connectivity index (χ0v) is 10.2. The Kier molecular flexibility index (Phi) is 3.91. The second-order valence-electron chi connectivity index (χ2n) is 3.69. The van der Waals surface area contributed by atoms with Crippen molar-refractivity contribution in [3.05, 3.63) is 54.4 Å². The molecule has 1 aromatic carbocycles. The highest BCUT2D eigenvalue weighted by atomic mass is 16.5. The summed E-state index contributed by atoms with van der Waals surface area (Å²) in [7, 11) is 0. The van der Waals surface area contributed by atoms with E-state index in [4.69, 9.17) is 10.1 Å². The number of pyridine rings is 1. The van der Waals surface area contributed by atoms with E-state index >= 15 is 0 Å². The third-order valence-electron chi connectivity index (χ3n) is 2.40. The number of benzene rings is 1. The van der Waals surface area contributed by atoms with E-state index in [1.807, 2.05) is 31.2 Å². The number of nitrogens with one attached hydrogen (secondary N) is 2. The van der Waals surface area contributed by atoms with E-state index in [2.05, 4.69) is 10.3 Å². The normalized spacial score (nSPS) is 9.83. The number of amidine groups is 1. The molecule has 0 radical (unpaired) electrons. The molecule has 0 aliphatic carbocycles. The fourth-order valence-electron chi connectivity index (χ4n) is 1.54. The lowest BCUT2D eigenvalue weighted by atomic mass is 10.2. The summed E-state index contributed by atoms with van der Waals surface area (Å²) in [5, 5.41) is 11.0. The van der Waals surface area contributed by atoms with Crippen LogP contribution in [0.3, 0.4) is 0 Å². The van der Waals surface area contributed by atoms with Crippen molar-refractivity contribution in [1.29, 1.82) is 5.41 Å². The van der Waals surface area contributed by atoms with Crippen molar-refractivity contribution in [2.45, 2.75) is 6.92 Å². The third kappa shape index (κ3) is 3.07. The summed E-state index contributed by atoms with van der Waals surface area (Å²) in [6.45, 7) is 2.60. The van der Waals surface area contributed by atoms with Gasteiger partial charge in [-0.2, -0.15) is 0 Å². The number of hydrogen-bond donors (Lipinski definition) is 2. The van der Waals surface area contributed by atoms with Gasteiger partial charge in [-0.15, -0.1) is 0 Å². The molecular formula is C14H15N3O. The lowest BCUT2D eigenvalue weighted by Gasteiger charge is -2.09. The molecule has 1 aromatic heterocycles. The van der Waals surface area contributed by atoms with E-state index in [-0.39, 0.29) is 0 Å². The maximum absolute atomic E-state index is 7.93. The van der Waals surface area contributed by atoms with Gasteiger partial charge < -0.3 is 10.1 Å². The number of nitrogens with zero attached hydrogens (tertiary/aromatic N) is 1. The second-order valence-corrected chi connectivity index (χ2v) is 3.69. The summed E-state index contributed by atoms with van der Waals surface area (Å²) in [5.41, 5.74) is 1.67. The van der Waals surface area contributed by atoms with Crippen LogP contribution in [0, 0.1) is 5.41 Å². The topological polar surface area (TPSA) is 58.0 Å². The fourth-order valence-corrected chi connectivity index (χ4v) is 1.54. The first kappa shape index (κ1) is 12.1. The second kappa shape index (κ2) is 5.82. The minimum Gasteiger partial charge on any atom is -0.494 e. The Labute approximate surface area is 106 Å². The third-order valence-corrected chi connectivity index (χ3v) is 2.40. The molecule has 0 unspecified atom stereocenters. The van der Waals surface area contributed by atoms with Gasteiger partial charge in [0.15, 0.2) is 0 Å². The molecule has 4 heteroatoms. The Balaban J connectivity index is 2.03. The maximum atomic E-state index is 7.93. The smallest absolute Gasteiger partial charge is 0.129 e. The molecule has 18 heavy (non-hydrogen) atoms. The van der Waals surface area contributed by atoms with Crippen molar-refractivity contribution >= 4 is 11.5 Å². The molecule has 0 spiro atoms. The molecule has 92 valence electrons. The van der Waals surface area contributed by atoms with Crippen LogP contribution in [0.2, 0.25) is 0 Å². The average molecular weight is 241 g/mol. The molecule has 2 aromatic rings. The molecule has 0 amide bonds. The summed E-state index contributed by atoms with van der Waals surface area (Å²) in [6, 6.07) is 11.1. The van der Waals surface area contributed by atoms with Crippen LogP contribution in [0.25, 0.3) is 0 Å². The quantitative estimate of drug-likeness (QED) is 0.639. The van der Waals surface area contributed by atoms with Crippen molar-refractivity contribution in [3.63, 3.8) is 0 Å². The molecule has 0 atom stereocenters. The number of aromatic nitrogens is 1. The van der Waals surface area contributed by atoms with Gasteiger partial charge in [0.25, 0.3) is 0 Å². The van der Waals surface area contributed by atoms with Gasteiger partial charge in [-0.3, -0.25) is 10.4 Å². The van der Waals surface area contributed by atoms with E-state index in [1.54, 1.807) is 24.5 Å². The highest BCUT2D eigenvalue weighted by Crippen LogP contribution is 2.16. The summed E-state index contributed by atoms with van der Waals surface area (Å²) in [4.78, 5) is 3.93. The molecular weight excluding hydrogens is 226 g/mol. The van der Waals surface area contributed by atoms with Gasteiger partial charge >= 0.3 is 0 Å². The Morgan fingerprint density at radius 3 is 2.44 bits per heavy atom. The van der Waals surface area contributed by atoms with Gasteiger partial charge in [0.1, 0.15) is 11.6 Å². The van der Waals surface area contributed by atoms with E-state index in [9.17, 15) is 0 Å². The first-order valence-corrected chi connectivity index (χ1v) is 5.78. The van der Waals surface area contributed by atoms with E-state index in [0.29, 0.717) is 12.4 Å². The van der Waals surface area contributed by atoms with Gasteiger partial charge in [-0.1, -0.05) is 0 Å². The first-order valence-electron chi connectivity index (χ1n) is 5.78. The summed E-state index contributed by atoms with van der Waals surface area (Å²) < 4.78 is 5.36. The molecule has 4 nitrogen and oxygen atoms in total. The monoisotopic (exact) mass is 241 g/mol. The molecule has 0 saturated carbocycles. The predicted octanol–water partition coefficient (Wildman–Crippen LogP) is 2.92. The van der Waals surface area contributed by atoms with Crippen LogP contribution in [0.15, 0.2) is 48.8 Å². The number of ether oxygens (including phenoxy) is 1. The molecule has 0 aliphatic rings. The van der Waals surface area contributed by atoms with Crippen LogP contribution in [0.5, 0.6) is 5.75 Å². The van der Waals surface area contributed by atoms with Crippen LogP contribution in [-0.4, -0.2) is 17.4 Å². The summed E-state index contributed by atoms with van der Waals surface area (Å²) in [5.74, 6) is 1.18. The Morgan fingerprint density at radius 1 is 1.17 bits per heavy atom. The Bertz CT molecular complexity index is 508. The molecule has 2 N–H and O–H groups in total. The van der Waals surface area contributed by atoms with Gasteiger partial charge in [0.2, 0.25) is 0 Å². The Morgan fingerprint density at radius 2 is 1.83 bits per heavy atom. The average Bonchev–Trinajstić information content (AvgIpc) is 2.42. The largest absolute Gasteiger partial charge is 0.494 e. The predicted molar refractivity (Wildman–Crippen MR) is 72.3 cm³/mol. The van der Waals surface area contributed by atoms with Crippen LogP contribution >= 0.6 is 0 Å². The zero-order chi connectivity index (χ0) is 12.8. The molecule has 0 fully saturated rings. The highest BCUT2D eigenvalue weighted by molar-refractivity contribution is 6.05. The lowest BCUT2D eigenvalue weighted by molar-refractivity contribution is 0.340. The van der Waals surface area contributed by atoms with Crippen LogP contribution in [-0.2, 0) is 0 Å². The molecule has 2 rings (SSSR count). The molecule has 0 aliphatic heterocycles. The van der Waals surface area contributed by atoms with E-state index < -0.39 is 0 Å². The van der Waals surface area contributed by atoms with Crippen molar-refractivity contribution in [3.8, 4) is 5.75 Å². The fraction of sp³-hybridized carbons (Fsp3) is 0.143. The van der Waals surface area contributed by atoms with Gasteiger partial charge in [0.05, 0.1) is 6.61 Å². The van der Waals surface area contributed by atoms with Gasteiger partial charge in [0, 0.05) is 23.6 Å². The van der Waals surface area contributed by atoms with Gasteiger partial charge in [-0.05, 0) is 43.3 Å². The van der Waals surface area contributed by atoms with Crippen LogP contribution in [0.1, 0.15) is 12.5 Å². The molecule has 0 bridgehead atoms. The van der Waals surface area contributed by atoms with Crippen molar-refractivity contribution < 1.29 is 4.74 Å². The number of rotatable bonds is 4. The van der Waals surface area contributed by atoms with Crippen LogP contribution < -0.4 is 10.1 Å². The Hall–Kier alpha value is -2.36. The van der Waals surface area contributed by atoms with Gasteiger partial charge in [-0.25, -0.2) is 0 Å². The number of hydrogen-bond acceptors (Lipinski definition) is 3. The van der Waals surface area contributed by atoms with Crippen LogP contribution in [0.4, 0.5) is 5.69 Å². The van der Waals surface area contributed by atoms with E-state index in [1.165, 1.54) is 0 Å². The highest BCUT2D eigenvalue weighted by Gasteiger charge is 2.01. The SMILES string of the molecule is CCOc1ccc(NC(=N)c2ccncc2)cc1. The van der Waals surface area contributed by atoms with Crippen molar-refractivity contribution in [2.24, 2.45) is 0 Å². The first-order chi connectivity index (χ1) is 8.79. The minimum atomic E-state index is 0.349. The lowest BCUT2D eigenvalue weighted by Crippen LogP contribution is -2.11. The van der Waals surface area contributed by atoms with E-state index in [0.717, 1.165) is 17.0 Å². The zero-order valence-electron chi connectivity index (χ0n) is 10.2. The minimum absolute atomic E-state index is 0.349.